The molecule has 1 saturated carbocycles. The normalized spacial score (nSPS) is 33.2. The van der Waals surface area contributed by atoms with Gasteiger partial charge >= 0.3 is 0 Å². The summed E-state index contributed by atoms with van der Waals surface area (Å²) in [5.41, 5.74) is 11.2. The Labute approximate surface area is 106 Å². The SMILES string of the molecule is CC.CN1CCC(N)C1.NC1CCC(O)CC1. The number of rotatable bonds is 0. The molecule has 17 heavy (non-hydrogen) atoms. The van der Waals surface area contributed by atoms with Gasteiger partial charge in [-0.3, -0.25) is 0 Å². The smallest absolute Gasteiger partial charge is 0.0541 e. The molecule has 0 aromatic carbocycles. The van der Waals surface area contributed by atoms with Gasteiger partial charge in [0.1, 0.15) is 0 Å². The Kier molecular flexibility index (Phi) is 9.74. The lowest BCUT2D eigenvalue weighted by atomic mass is 9.94. The molecule has 0 amide bonds. The Morgan fingerprint density at radius 1 is 0.941 bits per heavy atom. The van der Waals surface area contributed by atoms with Crippen LogP contribution >= 0.6 is 0 Å². The van der Waals surface area contributed by atoms with Crippen molar-refractivity contribution in [3.8, 4) is 0 Å². The van der Waals surface area contributed by atoms with Gasteiger partial charge in [0.05, 0.1) is 6.10 Å². The first-order valence-corrected chi connectivity index (χ1v) is 6.95. The topological polar surface area (TPSA) is 75.5 Å². The predicted octanol–water partition coefficient (Wildman–Crippen LogP) is 0.924. The summed E-state index contributed by atoms with van der Waals surface area (Å²) in [7, 11) is 2.10. The molecule has 0 radical (unpaired) electrons. The number of aliphatic hydroxyl groups excluding tert-OH is 1. The molecule has 1 atom stereocenters. The summed E-state index contributed by atoms with van der Waals surface area (Å²) in [6.45, 7) is 6.27. The van der Waals surface area contributed by atoms with Gasteiger partial charge in [0, 0.05) is 18.6 Å². The highest BCUT2D eigenvalue weighted by Gasteiger charge is 2.15. The summed E-state index contributed by atoms with van der Waals surface area (Å²) >= 11 is 0. The number of hydrogen-bond donors (Lipinski definition) is 3. The number of aliphatic hydroxyl groups is 1. The molecule has 5 N–H and O–H groups in total. The van der Waals surface area contributed by atoms with Crippen LogP contribution in [0, 0.1) is 0 Å². The van der Waals surface area contributed by atoms with E-state index in [9.17, 15) is 0 Å². The van der Waals surface area contributed by atoms with Gasteiger partial charge in [0.25, 0.3) is 0 Å². The maximum Gasteiger partial charge on any atom is 0.0541 e. The largest absolute Gasteiger partial charge is 0.393 e. The van der Waals surface area contributed by atoms with E-state index < -0.39 is 0 Å². The molecule has 2 rings (SSSR count). The van der Waals surface area contributed by atoms with Crippen LogP contribution < -0.4 is 11.5 Å². The summed E-state index contributed by atoms with van der Waals surface area (Å²) in [5, 5.41) is 8.97. The molecule has 4 nitrogen and oxygen atoms in total. The number of likely N-dealkylation sites (N-methyl/N-ethyl adjacent to an activating group) is 1. The van der Waals surface area contributed by atoms with Crippen LogP contribution in [0.1, 0.15) is 46.0 Å². The molecule has 0 aromatic rings. The van der Waals surface area contributed by atoms with Crippen LogP contribution in [-0.2, 0) is 0 Å². The Balaban J connectivity index is 0.000000265. The standard InChI is InChI=1S/C6H13NO.C5H12N2.C2H6/c7-5-1-3-6(8)4-2-5;1-7-3-2-5(6)4-7;1-2/h5-6,8H,1-4,7H2;5H,2-4,6H2,1H3;1-2H3. The number of likely N-dealkylation sites (tertiary alicyclic amines) is 1. The fourth-order valence-electron chi connectivity index (χ4n) is 2.07. The van der Waals surface area contributed by atoms with E-state index in [0.717, 1.165) is 32.2 Å². The van der Waals surface area contributed by atoms with Crippen LogP contribution in [0.4, 0.5) is 0 Å². The fourth-order valence-corrected chi connectivity index (χ4v) is 2.07. The molecular weight excluding hydrogens is 214 g/mol. The maximum atomic E-state index is 8.97. The number of hydrogen-bond acceptors (Lipinski definition) is 4. The molecule has 2 fully saturated rings. The van der Waals surface area contributed by atoms with Crippen molar-refractivity contribution in [1.82, 2.24) is 4.90 Å². The molecule has 4 heteroatoms. The molecule has 1 aliphatic carbocycles. The first-order chi connectivity index (χ1) is 8.08. The lowest BCUT2D eigenvalue weighted by molar-refractivity contribution is 0.123. The van der Waals surface area contributed by atoms with Crippen molar-refractivity contribution in [2.75, 3.05) is 20.1 Å². The van der Waals surface area contributed by atoms with Gasteiger partial charge < -0.3 is 21.5 Å². The molecule has 104 valence electrons. The van der Waals surface area contributed by atoms with Gasteiger partial charge in [-0.25, -0.2) is 0 Å². The average Bonchev–Trinajstić information content (AvgIpc) is 2.70. The second-order valence-electron chi connectivity index (χ2n) is 4.88. The van der Waals surface area contributed by atoms with Crippen molar-refractivity contribution in [3.05, 3.63) is 0 Å². The van der Waals surface area contributed by atoms with E-state index in [2.05, 4.69) is 11.9 Å². The molecule has 0 aromatic heterocycles. The Bertz CT molecular complexity index is 152. The van der Waals surface area contributed by atoms with Crippen LogP contribution in [0.5, 0.6) is 0 Å². The predicted molar refractivity (Wildman–Crippen MR) is 73.9 cm³/mol. The maximum absolute atomic E-state index is 8.97. The molecule has 1 aliphatic heterocycles. The van der Waals surface area contributed by atoms with Crippen LogP contribution in [0.3, 0.4) is 0 Å². The van der Waals surface area contributed by atoms with E-state index in [-0.39, 0.29) is 6.10 Å². The highest BCUT2D eigenvalue weighted by atomic mass is 16.3. The third-order valence-corrected chi connectivity index (χ3v) is 3.17. The summed E-state index contributed by atoms with van der Waals surface area (Å²) in [6.07, 6.45) is 4.93. The minimum atomic E-state index is -0.0604. The third kappa shape index (κ3) is 8.55. The van der Waals surface area contributed by atoms with Crippen molar-refractivity contribution in [3.63, 3.8) is 0 Å². The van der Waals surface area contributed by atoms with E-state index >= 15 is 0 Å². The van der Waals surface area contributed by atoms with Crippen LogP contribution in [0.2, 0.25) is 0 Å². The minimum Gasteiger partial charge on any atom is -0.393 e. The highest BCUT2D eigenvalue weighted by molar-refractivity contribution is 4.74. The second kappa shape index (κ2) is 9.83. The van der Waals surface area contributed by atoms with Crippen LogP contribution in [0.25, 0.3) is 0 Å². The van der Waals surface area contributed by atoms with E-state index in [1.807, 2.05) is 13.8 Å². The zero-order chi connectivity index (χ0) is 13.3. The zero-order valence-corrected chi connectivity index (χ0v) is 11.7. The Morgan fingerprint density at radius 3 is 1.71 bits per heavy atom. The van der Waals surface area contributed by atoms with E-state index in [1.54, 1.807) is 0 Å². The molecule has 2 aliphatic rings. The molecule has 0 bridgehead atoms. The van der Waals surface area contributed by atoms with Gasteiger partial charge in [-0.2, -0.15) is 0 Å². The van der Waals surface area contributed by atoms with Crippen LogP contribution in [0.15, 0.2) is 0 Å². The van der Waals surface area contributed by atoms with Gasteiger partial charge in [0.15, 0.2) is 0 Å². The summed E-state index contributed by atoms with van der Waals surface area (Å²) < 4.78 is 0. The first kappa shape index (κ1) is 16.8. The monoisotopic (exact) mass is 245 g/mol. The molecular formula is C13H31N3O. The lowest BCUT2D eigenvalue weighted by Crippen LogP contribution is -2.28. The van der Waals surface area contributed by atoms with Gasteiger partial charge in [0.2, 0.25) is 0 Å². The Morgan fingerprint density at radius 2 is 1.47 bits per heavy atom. The molecule has 1 saturated heterocycles. The lowest BCUT2D eigenvalue weighted by Gasteiger charge is -2.21. The van der Waals surface area contributed by atoms with Crippen LogP contribution in [-0.4, -0.2) is 48.3 Å². The number of nitrogens with zero attached hydrogens (tertiary/aromatic N) is 1. The summed E-state index contributed by atoms with van der Waals surface area (Å²) in [6, 6.07) is 0.809. The van der Waals surface area contributed by atoms with Crippen molar-refractivity contribution in [2.24, 2.45) is 11.5 Å². The average molecular weight is 245 g/mol. The van der Waals surface area contributed by atoms with Gasteiger partial charge in [-0.15, -0.1) is 0 Å². The van der Waals surface area contributed by atoms with Crippen molar-refractivity contribution >= 4 is 0 Å². The van der Waals surface area contributed by atoms with E-state index in [0.29, 0.717) is 12.1 Å². The molecule has 1 heterocycles. The van der Waals surface area contributed by atoms with Gasteiger partial charge in [-0.05, 0) is 45.7 Å². The number of nitrogens with two attached hydrogens (primary N) is 2. The zero-order valence-electron chi connectivity index (χ0n) is 11.7. The van der Waals surface area contributed by atoms with Crippen molar-refractivity contribution in [1.29, 1.82) is 0 Å². The second-order valence-corrected chi connectivity index (χ2v) is 4.88. The third-order valence-electron chi connectivity index (χ3n) is 3.17. The highest BCUT2D eigenvalue weighted by Crippen LogP contribution is 2.15. The van der Waals surface area contributed by atoms with E-state index in [1.165, 1.54) is 13.0 Å². The Hall–Kier alpha value is -0.160. The quantitative estimate of drug-likeness (QED) is 0.593. The van der Waals surface area contributed by atoms with E-state index in [4.69, 9.17) is 16.6 Å². The summed E-state index contributed by atoms with van der Waals surface area (Å²) in [5.74, 6) is 0. The van der Waals surface area contributed by atoms with Crippen molar-refractivity contribution in [2.45, 2.75) is 64.1 Å². The molecule has 0 spiro atoms. The molecule has 1 unspecified atom stereocenters. The van der Waals surface area contributed by atoms with Gasteiger partial charge in [-0.1, -0.05) is 13.8 Å². The first-order valence-electron chi connectivity index (χ1n) is 6.95. The fraction of sp³-hybridized carbons (Fsp3) is 1.00. The van der Waals surface area contributed by atoms with Crippen molar-refractivity contribution < 1.29 is 5.11 Å². The summed E-state index contributed by atoms with van der Waals surface area (Å²) in [4.78, 5) is 2.25. The minimum absolute atomic E-state index is 0.0604.